The Morgan fingerprint density at radius 3 is 2.25 bits per heavy atom. The molecule has 0 radical (unpaired) electrons. The largest absolute Gasteiger partial charge is 0.352 e. The van der Waals surface area contributed by atoms with Crippen molar-refractivity contribution in [3.05, 3.63) is 0 Å². The summed E-state index contributed by atoms with van der Waals surface area (Å²) >= 11 is 6.19. The lowest BCUT2D eigenvalue weighted by atomic mass is 10.0. The molecule has 4 atom stereocenters. The van der Waals surface area contributed by atoms with Gasteiger partial charge in [0.15, 0.2) is 0 Å². The van der Waals surface area contributed by atoms with Gasteiger partial charge in [0.05, 0.1) is 5.38 Å². The SMILES string of the molecule is O=C(NC1CCCC1Cl)C1C2CCCCC21. The van der Waals surface area contributed by atoms with Crippen molar-refractivity contribution < 1.29 is 4.79 Å². The molecule has 0 bridgehead atoms. The number of nitrogens with one attached hydrogen (secondary N) is 1. The fourth-order valence-electron chi connectivity index (χ4n) is 3.74. The summed E-state index contributed by atoms with van der Waals surface area (Å²) in [5.74, 6) is 2.06. The molecule has 0 heterocycles. The average Bonchev–Trinajstić information content (AvgIpc) is 2.90. The highest BCUT2D eigenvalue weighted by Crippen LogP contribution is 2.55. The van der Waals surface area contributed by atoms with E-state index in [1.807, 2.05) is 0 Å². The smallest absolute Gasteiger partial charge is 0.223 e. The van der Waals surface area contributed by atoms with E-state index in [9.17, 15) is 4.79 Å². The van der Waals surface area contributed by atoms with E-state index >= 15 is 0 Å². The molecule has 3 aliphatic carbocycles. The lowest BCUT2D eigenvalue weighted by molar-refractivity contribution is -0.123. The highest BCUT2D eigenvalue weighted by Gasteiger charge is 2.55. The lowest BCUT2D eigenvalue weighted by Crippen LogP contribution is -2.39. The summed E-state index contributed by atoms with van der Waals surface area (Å²) in [5.41, 5.74) is 0. The van der Waals surface area contributed by atoms with E-state index < -0.39 is 0 Å². The van der Waals surface area contributed by atoms with Crippen LogP contribution in [-0.4, -0.2) is 17.3 Å². The van der Waals surface area contributed by atoms with Gasteiger partial charge in [-0.3, -0.25) is 4.79 Å². The van der Waals surface area contributed by atoms with E-state index in [1.165, 1.54) is 25.7 Å². The number of rotatable bonds is 2. The van der Waals surface area contributed by atoms with Gasteiger partial charge < -0.3 is 5.32 Å². The molecule has 0 aromatic heterocycles. The zero-order chi connectivity index (χ0) is 11.1. The van der Waals surface area contributed by atoms with Gasteiger partial charge in [0, 0.05) is 12.0 Å². The minimum Gasteiger partial charge on any atom is -0.352 e. The van der Waals surface area contributed by atoms with Crippen LogP contribution in [0.2, 0.25) is 0 Å². The molecule has 3 fully saturated rings. The van der Waals surface area contributed by atoms with Crippen molar-refractivity contribution in [3.8, 4) is 0 Å². The number of fused-ring (bicyclic) bond motifs is 1. The summed E-state index contributed by atoms with van der Waals surface area (Å²) in [7, 11) is 0. The van der Waals surface area contributed by atoms with Crippen molar-refractivity contribution in [2.45, 2.75) is 56.4 Å². The van der Waals surface area contributed by atoms with Crippen LogP contribution in [0.3, 0.4) is 0 Å². The molecule has 4 unspecified atom stereocenters. The van der Waals surface area contributed by atoms with Crippen LogP contribution in [0.4, 0.5) is 0 Å². The van der Waals surface area contributed by atoms with Crippen LogP contribution in [0.25, 0.3) is 0 Å². The summed E-state index contributed by atoms with van der Waals surface area (Å²) in [6, 6.07) is 0.247. The average molecular weight is 242 g/mol. The maximum Gasteiger partial charge on any atom is 0.223 e. The van der Waals surface area contributed by atoms with Gasteiger partial charge in [-0.1, -0.05) is 12.8 Å². The van der Waals surface area contributed by atoms with Crippen molar-refractivity contribution in [1.82, 2.24) is 5.32 Å². The van der Waals surface area contributed by atoms with Gasteiger partial charge in [-0.15, -0.1) is 11.6 Å². The standard InChI is InChI=1S/C13H20ClNO/c14-10-6-3-7-11(10)15-13(16)12-8-4-1-2-5-9(8)12/h8-12H,1-7H2,(H,15,16). The molecular weight excluding hydrogens is 222 g/mol. The molecule has 1 N–H and O–H groups in total. The van der Waals surface area contributed by atoms with E-state index in [1.54, 1.807) is 0 Å². The van der Waals surface area contributed by atoms with E-state index in [2.05, 4.69) is 5.32 Å². The maximum atomic E-state index is 12.1. The Hall–Kier alpha value is -0.240. The molecule has 3 aliphatic rings. The second-order valence-corrected chi connectivity index (χ2v) is 6.26. The van der Waals surface area contributed by atoms with Gasteiger partial charge in [0.1, 0.15) is 0 Å². The van der Waals surface area contributed by atoms with Crippen molar-refractivity contribution >= 4 is 17.5 Å². The summed E-state index contributed by atoms with van der Waals surface area (Å²) in [6.45, 7) is 0. The first kappa shape index (κ1) is 10.9. The number of hydrogen-bond acceptors (Lipinski definition) is 1. The first-order valence-electron chi connectivity index (χ1n) is 6.72. The maximum absolute atomic E-state index is 12.1. The van der Waals surface area contributed by atoms with Crippen LogP contribution in [-0.2, 0) is 4.79 Å². The fourth-order valence-corrected chi connectivity index (χ4v) is 4.08. The third kappa shape index (κ3) is 1.85. The van der Waals surface area contributed by atoms with Crippen LogP contribution in [0, 0.1) is 17.8 Å². The van der Waals surface area contributed by atoms with Gasteiger partial charge in [-0.05, 0) is 43.9 Å². The summed E-state index contributed by atoms with van der Waals surface area (Å²) in [6.07, 6.45) is 8.50. The zero-order valence-electron chi connectivity index (χ0n) is 9.62. The number of halogens is 1. The van der Waals surface area contributed by atoms with E-state index in [0.29, 0.717) is 23.7 Å². The number of carbonyl (C=O) groups is 1. The Balaban J connectivity index is 1.54. The third-order valence-electron chi connectivity index (χ3n) is 4.72. The van der Waals surface area contributed by atoms with Gasteiger partial charge in [0.25, 0.3) is 0 Å². The Morgan fingerprint density at radius 1 is 1.00 bits per heavy atom. The second kappa shape index (κ2) is 4.21. The van der Waals surface area contributed by atoms with Gasteiger partial charge >= 0.3 is 0 Å². The quantitative estimate of drug-likeness (QED) is 0.740. The van der Waals surface area contributed by atoms with E-state index in [4.69, 9.17) is 11.6 Å². The number of hydrogen-bond donors (Lipinski definition) is 1. The predicted octanol–water partition coefficient (Wildman–Crippen LogP) is 2.70. The highest BCUT2D eigenvalue weighted by atomic mass is 35.5. The van der Waals surface area contributed by atoms with Crippen LogP contribution in [0.5, 0.6) is 0 Å². The van der Waals surface area contributed by atoms with Crippen LogP contribution in [0.1, 0.15) is 44.9 Å². The molecule has 3 saturated carbocycles. The van der Waals surface area contributed by atoms with Crippen molar-refractivity contribution in [2.75, 3.05) is 0 Å². The predicted molar refractivity (Wildman–Crippen MR) is 64.4 cm³/mol. The zero-order valence-corrected chi connectivity index (χ0v) is 10.4. The van der Waals surface area contributed by atoms with Crippen molar-refractivity contribution in [1.29, 1.82) is 0 Å². The topological polar surface area (TPSA) is 29.1 Å². The fraction of sp³-hybridized carbons (Fsp3) is 0.923. The summed E-state index contributed by atoms with van der Waals surface area (Å²) in [5, 5.41) is 3.35. The molecule has 0 spiro atoms. The first-order chi connectivity index (χ1) is 7.77. The minimum absolute atomic E-state index is 0.171. The minimum atomic E-state index is 0.171. The number of amides is 1. The van der Waals surface area contributed by atoms with Crippen molar-refractivity contribution in [3.63, 3.8) is 0 Å². The third-order valence-corrected chi connectivity index (χ3v) is 5.24. The monoisotopic (exact) mass is 241 g/mol. The van der Waals surface area contributed by atoms with E-state index in [-0.39, 0.29) is 11.4 Å². The lowest BCUT2D eigenvalue weighted by Gasteiger charge is -2.15. The Labute approximate surface area is 102 Å². The highest BCUT2D eigenvalue weighted by molar-refractivity contribution is 6.21. The first-order valence-corrected chi connectivity index (χ1v) is 7.15. The van der Waals surface area contributed by atoms with Gasteiger partial charge in [0.2, 0.25) is 5.91 Å². The molecule has 0 aromatic carbocycles. The molecule has 0 aromatic rings. The number of carbonyl (C=O) groups excluding carboxylic acids is 1. The molecule has 2 nitrogen and oxygen atoms in total. The van der Waals surface area contributed by atoms with Crippen LogP contribution >= 0.6 is 11.6 Å². The molecule has 1 amide bonds. The summed E-state index contributed by atoms with van der Waals surface area (Å²) < 4.78 is 0. The molecule has 90 valence electrons. The molecular formula is C13H20ClNO. The van der Waals surface area contributed by atoms with Crippen LogP contribution in [0.15, 0.2) is 0 Å². The number of alkyl halides is 1. The molecule has 3 rings (SSSR count). The summed E-state index contributed by atoms with van der Waals surface area (Å²) in [4.78, 5) is 12.1. The molecule has 0 saturated heterocycles. The van der Waals surface area contributed by atoms with Crippen LogP contribution < -0.4 is 5.32 Å². The molecule has 3 heteroatoms. The Bertz CT molecular complexity index is 282. The molecule has 16 heavy (non-hydrogen) atoms. The molecule has 0 aliphatic heterocycles. The Morgan fingerprint density at radius 2 is 1.69 bits per heavy atom. The second-order valence-electron chi connectivity index (χ2n) is 5.70. The van der Waals surface area contributed by atoms with Gasteiger partial charge in [-0.25, -0.2) is 0 Å². The van der Waals surface area contributed by atoms with Crippen molar-refractivity contribution in [2.24, 2.45) is 17.8 Å². The Kier molecular flexibility index (Phi) is 2.87. The van der Waals surface area contributed by atoms with E-state index in [0.717, 1.165) is 19.3 Å². The van der Waals surface area contributed by atoms with Gasteiger partial charge in [-0.2, -0.15) is 0 Å². The normalized spacial score (nSPS) is 46.2.